The van der Waals surface area contributed by atoms with E-state index in [2.05, 4.69) is 5.32 Å². The molecular formula is C16H21ClN2O4S. The number of hydrogen-bond acceptors (Lipinski definition) is 4. The Kier molecular flexibility index (Phi) is 5.87. The van der Waals surface area contributed by atoms with Crippen LogP contribution in [0.5, 0.6) is 0 Å². The monoisotopic (exact) mass is 372 g/mol. The number of amides is 2. The van der Waals surface area contributed by atoms with Gasteiger partial charge in [0, 0.05) is 17.3 Å². The van der Waals surface area contributed by atoms with Gasteiger partial charge in [-0.15, -0.1) is 0 Å². The number of nitrogens with zero attached hydrogens (tertiary/aromatic N) is 1. The fourth-order valence-corrected chi connectivity index (χ4v) is 4.59. The highest BCUT2D eigenvalue weighted by Crippen LogP contribution is 2.22. The lowest BCUT2D eigenvalue weighted by molar-refractivity contribution is -0.137. The van der Waals surface area contributed by atoms with E-state index in [1.165, 1.54) is 4.90 Å². The second-order valence-electron chi connectivity index (χ2n) is 5.96. The Hall–Kier alpha value is -1.60. The predicted octanol–water partition coefficient (Wildman–Crippen LogP) is 1.87. The molecule has 1 aliphatic rings. The zero-order valence-corrected chi connectivity index (χ0v) is 15.3. The molecule has 2 amide bonds. The van der Waals surface area contributed by atoms with Crippen molar-refractivity contribution in [3.63, 3.8) is 0 Å². The fraction of sp³-hybridized carbons (Fsp3) is 0.500. The van der Waals surface area contributed by atoms with Gasteiger partial charge in [0.25, 0.3) is 0 Å². The summed E-state index contributed by atoms with van der Waals surface area (Å²) in [5.74, 6) is -1.25. The van der Waals surface area contributed by atoms with Crippen LogP contribution in [0, 0.1) is 12.8 Å². The van der Waals surface area contributed by atoms with E-state index in [-0.39, 0.29) is 29.9 Å². The van der Waals surface area contributed by atoms with Crippen molar-refractivity contribution in [2.24, 2.45) is 5.92 Å². The number of carbonyl (C=O) groups is 2. The molecule has 1 unspecified atom stereocenters. The number of hydrogen-bond donors (Lipinski definition) is 1. The quantitative estimate of drug-likeness (QED) is 0.855. The molecule has 8 heteroatoms. The predicted molar refractivity (Wildman–Crippen MR) is 93.8 cm³/mol. The molecule has 6 nitrogen and oxygen atoms in total. The van der Waals surface area contributed by atoms with Crippen molar-refractivity contribution in [3.05, 3.63) is 28.8 Å². The van der Waals surface area contributed by atoms with E-state index in [1.54, 1.807) is 25.1 Å². The number of aryl methyl sites for hydroxylation is 1. The number of sulfone groups is 1. The summed E-state index contributed by atoms with van der Waals surface area (Å²) < 4.78 is 23.1. The van der Waals surface area contributed by atoms with Crippen LogP contribution >= 0.6 is 11.6 Å². The molecule has 0 bridgehead atoms. The number of rotatable bonds is 5. The first-order valence-electron chi connectivity index (χ1n) is 7.77. The molecule has 1 aliphatic heterocycles. The molecule has 0 aromatic heterocycles. The van der Waals surface area contributed by atoms with E-state index in [0.717, 1.165) is 5.56 Å². The minimum atomic E-state index is -3.13. The van der Waals surface area contributed by atoms with E-state index >= 15 is 0 Å². The van der Waals surface area contributed by atoms with Crippen LogP contribution in [0.4, 0.5) is 5.69 Å². The lowest BCUT2D eigenvalue weighted by Crippen LogP contribution is -2.41. The maximum atomic E-state index is 12.4. The second kappa shape index (κ2) is 7.53. The molecule has 1 aromatic carbocycles. The molecule has 24 heavy (non-hydrogen) atoms. The van der Waals surface area contributed by atoms with Crippen LogP contribution in [0.1, 0.15) is 18.9 Å². The lowest BCUT2D eigenvalue weighted by Gasteiger charge is -2.23. The van der Waals surface area contributed by atoms with Gasteiger partial charge in [0.15, 0.2) is 9.84 Å². The molecule has 132 valence electrons. The normalized spacial score (nSPS) is 19.0. The van der Waals surface area contributed by atoms with E-state index < -0.39 is 15.8 Å². The molecule has 0 aliphatic carbocycles. The van der Waals surface area contributed by atoms with E-state index in [4.69, 9.17) is 11.6 Å². The summed E-state index contributed by atoms with van der Waals surface area (Å²) in [7, 11) is -3.13. The Balaban J connectivity index is 2.00. The smallest absolute Gasteiger partial charge is 0.244 e. The van der Waals surface area contributed by atoms with Crippen molar-refractivity contribution < 1.29 is 18.0 Å². The summed E-state index contributed by atoms with van der Waals surface area (Å²) in [5, 5.41) is 3.25. The number of halogens is 1. The SMILES string of the molecule is CCN(CC(=O)Nc1cc(Cl)ccc1C)C(=O)C1CCS(=O)(=O)C1. The molecule has 1 atom stereocenters. The van der Waals surface area contributed by atoms with Crippen LogP contribution in [0.2, 0.25) is 5.02 Å². The zero-order chi connectivity index (χ0) is 17.9. The first-order valence-corrected chi connectivity index (χ1v) is 9.97. The second-order valence-corrected chi connectivity index (χ2v) is 8.62. The van der Waals surface area contributed by atoms with Crippen LogP contribution in [-0.2, 0) is 19.4 Å². The van der Waals surface area contributed by atoms with Gasteiger partial charge in [-0.25, -0.2) is 8.42 Å². The van der Waals surface area contributed by atoms with Crippen LogP contribution in [0.15, 0.2) is 18.2 Å². The van der Waals surface area contributed by atoms with Gasteiger partial charge in [0.2, 0.25) is 11.8 Å². The minimum Gasteiger partial charge on any atom is -0.333 e. The van der Waals surface area contributed by atoms with Gasteiger partial charge < -0.3 is 10.2 Å². The summed E-state index contributed by atoms with van der Waals surface area (Å²) in [6, 6.07) is 5.18. The molecule has 1 aromatic rings. The third-order valence-corrected chi connectivity index (χ3v) is 6.09. The molecular weight excluding hydrogens is 352 g/mol. The van der Waals surface area contributed by atoms with Crippen molar-refractivity contribution in [2.45, 2.75) is 20.3 Å². The van der Waals surface area contributed by atoms with Gasteiger partial charge in [-0.05, 0) is 38.0 Å². The van der Waals surface area contributed by atoms with Crippen molar-refractivity contribution >= 4 is 38.9 Å². The number of carbonyl (C=O) groups excluding carboxylic acids is 2. The van der Waals surface area contributed by atoms with Gasteiger partial charge in [-0.1, -0.05) is 17.7 Å². The summed E-state index contributed by atoms with van der Waals surface area (Å²) in [6.45, 7) is 3.84. The Morgan fingerprint density at radius 1 is 1.38 bits per heavy atom. The van der Waals surface area contributed by atoms with Crippen molar-refractivity contribution in [1.82, 2.24) is 4.90 Å². The van der Waals surface area contributed by atoms with E-state index in [0.29, 0.717) is 23.7 Å². The summed E-state index contributed by atoms with van der Waals surface area (Å²) in [4.78, 5) is 26.0. The van der Waals surface area contributed by atoms with Crippen molar-refractivity contribution in [2.75, 3.05) is 29.9 Å². The summed E-state index contributed by atoms with van der Waals surface area (Å²) in [5.41, 5.74) is 1.46. The Labute approximate surface area is 147 Å². The van der Waals surface area contributed by atoms with Crippen molar-refractivity contribution in [3.8, 4) is 0 Å². The minimum absolute atomic E-state index is 0.0366. The highest BCUT2D eigenvalue weighted by Gasteiger charge is 2.35. The highest BCUT2D eigenvalue weighted by molar-refractivity contribution is 7.91. The Morgan fingerprint density at radius 2 is 2.08 bits per heavy atom. The van der Waals surface area contributed by atoms with Crippen LogP contribution in [-0.4, -0.2) is 49.7 Å². The number of likely N-dealkylation sites (N-methyl/N-ethyl adjacent to an activating group) is 1. The summed E-state index contributed by atoms with van der Waals surface area (Å²) in [6.07, 6.45) is 0.326. The Bertz CT molecular complexity index is 748. The van der Waals surface area contributed by atoms with Gasteiger partial charge in [0.05, 0.1) is 24.0 Å². The van der Waals surface area contributed by atoms with Gasteiger partial charge in [-0.2, -0.15) is 0 Å². The van der Waals surface area contributed by atoms with E-state index in [9.17, 15) is 18.0 Å². The molecule has 0 saturated carbocycles. The maximum Gasteiger partial charge on any atom is 0.244 e. The van der Waals surface area contributed by atoms with Crippen LogP contribution < -0.4 is 5.32 Å². The summed E-state index contributed by atoms with van der Waals surface area (Å²) >= 11 is 5.92. The number of nitrogens with one attached hydrogen (secondary N) is 1. The van der Waals surface area contributed by atoms with Crippen LogP contribution in [0.3, 0.4) is 0 Å². The third-order valence-electron chi connectivity index (χ3n) is 4.08. The van der Waals surface area contributed by atoms with Crippen molar-refractivity contribution in [1.29, 1.82) is 0 Å². The standard InChI is InChI=1S/C16H21ClN2O4S/c1-3-19(16(21)12-6-7-24(22,23)10-12)9-15(20)18-14-8-13(17)5-4-11(14)2/h4-5,8,12H,3,6-7,9-10H2,1-2H3,(H,18,20). The maximum absolute atomic E-state index is 12.4. The van der Waals surface area contributed by atoms with Gasteiger partial charge in [0.1, 0.15) is 0 Å². The molecule has 0 spiro atoms. The largest absolute Gasteiger partial charge is 0.333 e. The zero-order valence-electron chi connectivity index (χ0n) is 13.7. The highest BCUT2D eigenvalue weighted by atomic mass is 35.5. The molecule has 1 N–H and O–H groups in total. The molecule has 0 radical (unpaired) electrons. The molecule has 1 fully saturated rings. The lowest BCUT2D eigenvalue weighted by atomic mass is 10.1. The first kappa shape index (κ1) is 18.7. The third kappa shape index (κ3) is 4.70. The van der Waals surface area contributed by atoms with E-state index in [1.807, 2.05) is 6.92 Å². The topological polar surface area (TPSA) is 83.6 Å². The van der Waals surface area contributed by atoms with Crippen LogP contribution in [0.25, 0.3) is 0 Å². The molecule has 2 rings (SSSR count). The average Bonchev–Trinajstić information content (AvgIpc) is 2.88. The Morgan fingerprint density at radius 3 is 2.67 bits per heavy atom. The fourth-order valence-electron chi connectivity index (χ4n) is 2.69. The van der Waals surface area contributed by atoms with Gasteiger partial charge in [-0.3, -0.25) is 9.59 Å². The first-order chi connectivity index (χ1) is 11.2. The van der Waals surface area contributed by atoms with Gasteiger partial charge >= 0.3 is 0 Å². The number of benzene rings is 1. The molecule has 1 saturated heterocycles. The number of anilines is 1. The average molecular weight is 373 g/mol. The molecule has 1 heterocycles.